The largest absolute Gasteiger partial charge is 0.495 e. The van der Waals surface area contributed by atoms with Crippen LogP contribution in [-0.4, -0.2) is 30.6 Å². The SMILES string of the molecule is COc1ccc(NC(C)=O)cc1NCC(=O)Nc1cc(C)on1. The first kappa shape index (κ1) is 16.3. The van der Waals surface area contributed by atoms with Gasteiger partial charge in [0.15, 0.2) is 5.82 Å². The van der Waals surface area contributed by atoms with E-state index in [1.807, 2.05) is 0 Å². The molecule has 122 valence electrons. The van der Waals surface area contributed by atoms with Gasteiger partial charge in [-0.05, 0) is 25.1 Å². The molecule has 2 amide bonds. The van der Waals surface area contributed by atoms with Gasteiger partial charge in [-0.3, -0.25) is 9.59 Å². The Morgan fingerprint density at radius 2 is 2.04 bits per heavy atom. The van der Waals surface area contributed by atoms with Crippen LogP contribution in [0.25, 0.3) is 0 Å². The van der Waals surface area contributed by atoms with Crippen molar-refractivity contribution in [2.75, 3.05) is 29.6 Å². The number of aryl methyl sites for hydroxylation is 1. The quantitative estimate of drug-likeness (QED) is 0.752. The van der Waals surface area contributed by atoms with Gasteiger partial charge in [-0.15, -0.1) is 0 Å². The van der Waals surface area contributed by atoms with Crippen molar-refractivity contribution in [1.82, 2.24) is 5.16 Å². The van der Waals surface area contributed by atoms with Crippen molar-refractivity contribution in [2.45, 2.75) is 13.8 Å². The van der Waals surface area contributed by atoms with Gasteiger partial charge in [0, 0.05) is 18.7 Å². The fraction of sp³-hybridized carbons (Fsp3) is 0.267. The first-order chi connectivity index (χ1) is 11.0. The van der Waals surface area contributed by atoms with Crippen LogP contribution in [0.3, 0.4) is 0 Å². The number of nitrogens with one attached hydrogen (secondary N) is 3. The highest BCUT2D eigenvalue weighted by atomic mass is 16.5. The van der Waals surface area contributed by atoms with Crippen LogP contribution in [0.5, 0.6) is 5.75 Å². The van der Waals surface area contributed by atoms with Gasteiger partial charge in [0.2, 0.25) is 11.8 Å². The van der Waals surface area contributed by atoms with Crippen LogP contribution in [0.1, 0.15) is 12.7 Å². The molecule has 0 saturated carbocycles. The smallest absolute Gasteiger partial charge is 0.244 e. The molecule has 1 aromatic carbocycles. The van der Waals surface area contributed by atoms with Crippen LogP contribution in [0.15, 0.2) is 28.8 Å². The van der Waals surface area contributed by atoms with Gasteiger partial charge in [0.1, 0.15) is 11.5 Å². The van der Waals surface area contributed by atoms with Crippen molar-refractivity contribution in [3.8, 4) is 5.75 Å². The van der Waals surface area contributed by atoms with E-state index in [1.54, 1.807) is 31.2 Å². The lowest BCUT2D eigenvalue weighted by molar-refractivity contribution is -0.115. The standard InChI is InChI=1S/C15H18N4O4/c1-9-6-14(19-23-9)18-15(21)8-16-12-7-11(17-10(2)20)4-5-13(12)22-3/h4-7,16H,8H2,1-3H3,(H,17,20)(H,18,19,21). The average molecular weight is 318 g/mol. The lowest BCUT2D eigenvalue weighted by Gasteiger charge is -2.12. The van der Waals surface area contributed by atoms with Crippen LogP contribution in [-0.2, 0) is 9.59 Å². The minimum absolute atomic E-state index is 0.00575. The number of carbonyl (C=O) groups is 2. The van der Waals surface area contributed by atoms with E-state index in [0.29, 0.717) is 28.7 Å². The maximum absolute atomic E-state index is 11.9. The molecule has 1 aromatic heterocycles. The Balaban J connectivity index is 2.00. The summed E-state index contributed by atoms with van der Waals surface area (Å²) in [6, 6.07) is 6.72. The van der Waals surface area contributed by atoms with E-state index in [1.165, 1.54) is 14.0 Å². The second-order valence-electron chi connectivity index (χ2n) is 4.82. The van der Waals surface area contributed by atoms with Crippen LogP contribution in [0.4, 0.5) is 17.2 Å². The normalized spacial score (nSPS) is 10.0. The Morgan fingerprint density at radius 1 is 1.26 bits per heavy atom. The molecule has 2 rings (SSSR count). The number of aromatic nitrogens is 1. The van der Waals surface area contributed by atoms with Crippen LogP contribution in [0, 0.1) is 6.92 Å². The van der Waals surface area contributed by atoms with Gasteiger partial charge >= 0.3 is 0 Å². The Hall–Kier alpha value is -3.03. The van der Waals surface area contributed by atoms with Gasteiger partial charge in [-0.25, -0.2) is 0 Å². The molecule has 0 aliphatic rings. The number of rotatable bonds is 6. The molecule has 0 aliphatic carbocycles. The Kier molecular flexibility index (Phi) is 5.19. The molecular formula is C15H18N4O4. The van der Waals surface area contributed by atoms with E-state index >= 15 is 0 Å². The Labute approximate surface area is 133 Å². The molecule has 8 nitrogen and oxygen atoms in total. The highest BCUT2D eigenvalue weighted by Gasteiger charge is 2.09. The van der Waals surface area contributed by atoms with Crippen molar-refractivity contribution in [2.24, 2.45) is 0 Å². The first-order valence-electron chi connectivity index (χ1n) is 6.90. The number of ether oxygens (including phenoxy) is 1. The van der Waals surface area contributed by atoms with Gasteiger partial charge < -0.3 is 25.2 Å². The van der Waals surface area contributed by atoms with Gasteiger partial charge in [-0.1, -0.05) is 5.16 Å². The van der Waals surface area contributed by atoms with Crippen LogP contribution >= 0.6 is 0 Å². The summed E-state index contributed by atoms with van der Waals surface area (Å²) in [4.78, 5) is 23.0. The highest BCUT2D eigenvalue weighted by molar-refractivity contribution is 5.93. The minimum Gasteiger partial charge on any atom is -0.495 e. The summed E-state index contributed by atoms with van der Waals surface area (Å²) in [5.41, 5.74) is 1.19. The molecule has 0 bridgehead atoms. The van der Waals surface area contributed by atoms with E-state index in [-0.39, 0.29) is 18.4 Å². The number of hydrogen-bond donors (Lipinski definition) is 3. The van der Waals surface area contributed by atoms with Crippen LogP contribution < -0.4 is 20.7 Å². The molecule has 0 aliphatic heterocycles. The number of benzene rings is 1. The van der Waals surface area contributed by atoms with E-state index in [0.717, 1.165) is 0 Å². The Morgan fingerprint density at radius 3 is 2.65 bits per heavy atom. The van der Waals surface area contributed by atoms with Gasteiger partial charge in [0.05, 0.1) is 19.3 Å². The number of anilines is 3. The van der Waals surface area contributed by atoms with Crippen LogP contribution in [0.2, 0.25) is 0 Å². The molecule has 0 atom stereocenters. The summed E-state index contributed by atoms with van der Waals surface area (Å²) in [5.74, 6) is 1.06. The van der Waals surface area contributed by atoms with Crippen molar-refractivity contribution < 1.29 is 18.8 Å². The summed E-state index contributed by atoms with van der Waals surface area (Å²) in [6.45, 7) is 3.16. The molecule has 0 fully saturated rings. The molecule has 8 heteroatoms. The number of amides is 2. The lowest BCUT2D eigenvalue weighted by Crippen LogP contribution is -2.22. The molecule has 0 unspecified atom stereocenters. The maximum Gasteiger partial charge on any atom is 0.244 e. The summed E-state index contributed by atoms with van der Waals surface area (Å²) in [7, 11) is 1.52. The van der Waals surface area contributed by atoms with E-state index < -0.39 is 0 Å². The van der Waals surface area contributed by atoms with Gasteiger partial charge in [-0.2, -0.15) is 0 Å². The third-order valence-corrected chi connectivity index (χ3v) is 2.85. The second-order valence-corrected chi connectivity index (χ2v) is 4.82. The fourth-order valence-electron chi connectivity index (χ4n) is 1.92. The average Bonchev–Trinajstić information content (AvgIpc) is 2.90. The topological polar surface area (TPSA) is 105 Å². The molecule has 0 radical (unpaired) electrons. The second kappa shape index (κ2) is 7.30. The molecule has 1 heterocycles. The fourth-order valence-corrected chi connectivity index (χ4v) is 1.92. The predicted molar refractivity (Wildman–Crippen MR) is 85.7 cm³/mol. The van der Waals surface area contributed by atoms with E-state index in [2.05, 4.69) is 21.1 Å². The zero-order valence-corrected chi connectivity index (χ0v) is 13.1. The number of nitrogens with zero attached hydrogens (tertiary/aromatic N) is 1. The van der Waals surface area contributed by atoms with E-state index in [9.17, 15) is 9.59 Å². The van der Waals surface area contributed by atoms with Gasteiger partial charge in [0.25, 0.3) is 0 Å². The summed E-state index contributed by atoms with van der Waals surface area (Å²) >= 11 is 0. The summed E-state index contributed by atoms with van der Waals surface area (Å²) in [6.07, 6.45) is 0. The molecule has 0 spiro atoms. The maximum atomic E-state index is 11.9. The number of methoxy groups -OCH3 is 1. The predicted octanol–water partition coefficient (Wildman–Crippen LogP) is 2.00. The molecular weight excluding hydrogens is 300 g/mol. The minimum atomic E-state index is -0.287. The summed E-state index contributed by atoms with van der Waals surface area (Å²) in [5, 5.41) is 11.9. The summed E-state index contributed by atoms with van der Waals surface area (Å²) < 4.78 is 10.1. The number of carbonyl (C=O) groups excluding carboxylic acids is 2. The third kappa shape index (κ3) is 4.73. The molecule has 2 aromatic rings. The number of hydrogen-bond acceptors (Lipinski definition) is 6. The zero-order valence-electron chi connectivity index (χ0n) is 13.1. The Bertz CT molecular complexity index is 711. The van der Waals surface area contributed by atoms with E-state index in [4.69, 9.17) is 9.26 Å². The van der Waals surface area contributed by atoms with Crippen molar-refractivity contribution in [1.29, 1.82) is 0 Å². The zero-order chi connectivity index (χ0) is 16.8. The highest BCUT2D eigenvalue weighted by Crippen LogP contribution is 2.27. The van der Waals surface area contributed by atoms with Crippen molar-refractivity contribution >= 4 is 29.0 Å². The van der Waals surface area contributed by atoms with Crippen molar-refractivity contribution in [3.05, 3.63) is 30.0 Å². The lowest BCUT2D eigenvalue weighted by atomic mass is 10.2. The monoisotopic (exact) mass is 318 g/mol. The third-order valence-electron chi connectivity index (χ3n) is 2.85. The molecule has 3 N–H and O–H groups in total. The molecule has 23 heavy (non-hydrogen) atoms. The van der Waals surface area contributed by atoms with Crippen molar-refractivity contribution in [3.63, 3.8) is 0 Å². The first-order valence-corrected chi connectivity index (χ1v) is 6.90. The molecule has 0 saturated heterocycles.